The first kappa shape index (κ1) is 11.3. The molecule has 0 saturated heterocycles. The summed E-state index contributed by atoms with van der Waals surface area (Å²) in [6.07, 6.45) is 2.66. The second-order valence-electron chi connectivity index (χ2n) is 5.41. The van der Waals surface area contributed by atoms with Gasteiger partial charge in [0, 0.05) is 17.5 Å². The van der Waals surface area contributed by atoms with Gasteiger partial charge in [0.1, 0.15) is 5.76 Å². The van der Waals surface area contributed by atoms with E-state index < -0.39 is 0 Å². The van der Waals surface area contributed by atoms with Gasteiger partial charge in [-0.2, -0.15) is 0 Å². The van der Waals surface area contributed by atoms with Gasteiger partial charge in [0.25, 0.3) is 0 Å². The molecule has 2 aliphatic rings. The van der Waals surface area contributed by atoms with E-state index in [4.69, 9.17) is 5.73 Å². The van der Waals surface area contributed by atoms with Gasteiger partial charge in [-0.25, -0.2) is 0 Å². The van der Waals surface area contributed by atoms with Crippen LogP contribution in [0.1, 0.15) is 30.4 Å². The number of anilines is 1. The van der Waals surface area contributed by atoms with Crippen LogP contribution in [0.2, 0.25) is 0 Å². The van der Waals surface area contributed by atoms with Gasteiger partial charge in [0.05, 0.1) is 5.57 Å². The monoisotopic (exact) mass is 243 g/mol. The first-order chi connectivity index (χ1) is 8.58. The van der Waals surface area contributed by atoms with Crippen molar-refractivity contribution in [3.05, 3.63) is 35.1 Å². The Labute approximate surface area is 106 Å². The summed E-state index contributed by atoms with van der Waals surface area (Å²) < 4.78 is 0. The van der Waals surface area contributed by atoms with Crippen LogP contribution in [0.5, 0.6) is 0 Å². The number of hydrogen-bond acceptors (Lipinski definition) is 3. The van der Waals surface area contributed by atoms with E-state index in [1.54, 1.807) is 6.07 Å². The fourth-order valence-electron chi connectivity index (χ4n) is 3.24. The fourth-order valence-corrected chi connectivity index (χ4v) is 3.24. The lowest BCUT2D eigenvalue weighted by Crippen LogP contribution is -2.21. The highest BCUT2D eigenvalue weighted by molar-refractivity contribution is 6.23. The average molecular weight is 243 g/mol. The Kier molecular flexibility index (Phi) is 2.44. The van der Waals surface area contributed by atoms with E-state index in [2.05, 4.69) is 0 Å². The number of ketones is 1. The maximum atomic E-state index is 12.4. The summed E-state index contributed by atoms with van der Waals surface area (Å²) in [4.78, 5) is 12.4. The molecule has 3 rings (SSSR count). The zero-order valence-electron chi connectivity index (χ0n) is 10.4. The molecule has 2 unspecified atom stereocenters. The number of Topliss-reactive ketones (excluding diaryl/α,β-unsaturated/α-hetero) is 1. The molecule has 0 aliphatic heterocycles. The van der Waals surface area contributed by atoms with Crippen LogP contribution in [0.15, 0.2) is 24.0 Å². The van der Waals surface area contributed by atoms with Crippen molar-refractivity contribution in [1.82, 2.24) is 0 Å². The van der Waals surface area contributed by atoms with Crippen molar-refractivity contribution < 1.29 is 9.90 Å². The highest BCUT2D eigenvalue weighted by Crippen LogP contribution is 2.45. The van der Waals surface area contributed by atoms with Crippen LogP contribution in [0, 0.1) is 18.8 Å². The van der Waals surface area contributed by atoms with Gasteiger partial charge in [-0.3, -0.25) is 4.79 Å². The van der Waals surface area contributed by atoms with Gasteiger partial charge < -0.3 is 10.8 Å². The number of rotatable bonds is 1. The zero-order chi connectivity index (χ0) is 12.9. The number of nitrogens with two attached hydrogens (primary N) is 1. The quantitative estimate of drug-likeness (QED) is 0.745. The number of benzene rings is 1. The number of nitrogen functional groups attached to an aromatic ring is 1. The van der Waals surface area contributed by atoms with Crippen LogP contribution in [-0.4, -0.2) is 10.9 Å². The number of carbonyl (C=O) groups is 1. The highest BCUT2D eigenvalue weighted by atomic mass is 16.3. The van der Waals surface area contributed by atoms with E-state index in [-0.39, 0.29) is 17.6 Å². The third-order valence-corrected chi connectivity index (χ3v) is 4.21. The predicted molar refractivity (Wildman–Crippen MR) is 71.0 cm³/mol. The standard InChI is InChI=1S/C15H17NO2/c1-8-6-11(16)4-5-12(8)13-14(17)9-2-3-10(7-9)15(13)18/h4-6,9-10,17H,2-3,7,16H2,1H3. The normalized spacial score (nSPS) is 26.8. The molecule has 18 heavy (non-hydrogen) atoms. The third kappa shape index (κ3) is 1.54. The van der Waals surface area contributed by atoms with Crippen LogP contribution >= 0.6 is 0 Å². The van der Waals surface area contributed by atoms with E-state index in [9.17, 15) is 9.90 Å². The Morgan fingerprint density at radius 3 is 2.72 bits per heavy atom. The summed E-state index contributed by atoms with van der Waals surface area (Å²) in [5, 5.41) is 10.3. The Balaban J connectivity index is 2.15. The molecule has 94 valence electrons. The van der Waals surface area contributed by atoms with Crippen LogP contribution in [0.4, 0.5) is 5.69 Å². The molecule has 0 heterocycles. The van der Waals surface area contributed by atoms with E-state index in [0.29, 0.717) is 17.0 Å². The van der Waals surface area contributed by atoms with Crippen molar-refractivity contribution in [3.8, 4) is 0 Å². The fraction of sp³-hybridized carbons (Fsp3) is 0.400. The third-order valence-electron chi connectivity index (χ3n) is 4.21. The summed E-state index contributed by atoms with van der Waals surface area (Å²) in [6, 6.07) is 5.48. The van der Waals surface area contributed by atoms with Crippen molar-refractivity contribution in [2.45, 2.75) is 26.2 Å². The van der Waals surface area contributed by atoms with E-state index in [1.807, 2.05) is 19.1 Å². The molecule has 1 saturated carbocycles. The molecule has 0 amide bonds. The smallest absolute Gasteiger partial charge is 0.169 e. The first-order valence-electron chi connectivity index (χ1n) is 6.41. The Hall–Kier alpha value is -1.77. The minimum Gasteiger partial charge on any atom is -0.511 e. The van der Waals surface area contributed by atoms with Crippen molar-refractivity contribution in [2.75, 3.05) is 5.73 Å². The Morgan fingerprint density at radius 2 is 2.00 bits per heavy atom. The molecular formula is C15H17NO2. The summed E-state index contributed by atoms with van der Waals surface area (Å²) in [5.41, 5.74) is 8.73. The highest BCUT2D eigenvalue weighted by Gasteiger charge is 2.41. The van der Waals surface area contributed by atoms with Gasteiger partial charge in [0.2, 0.25) is 0 Å². The van der Waals surface area contributed by atoms with Crippen LogP contribution in [0.25, 0.3) is 5.57 Å². The molecular weight excluding hydrogens is 226 g/mol. The van der Waals surface area contributed by atoms with Gasteiger partial charge in [-0.05, 0) is 49.4 Å². The van der Waals surface area contributed by atoms with Gasteiger partial charge in [-0.1, -0.05) is 6.07 Å². The molecule has 0 radical (unpaired) electrons. The summed E-state index contributed by atoms with van der Waals surface area (Å²) in [5.74, 6) is 0.688. The lowest BCUT2D eigenvalue weighted by molar-refractivity contribution is -0.117. The van der Waals surface area contributed by atoms with Crippen molar-refractivity contribution in [2.24, 2.45) is 11.8 Å². The Bertz CT molecular complexity index is 560. The summed E-state index contributed by atoms with van der Waals surface area (Å²) in [6.45, 7) is 1.93. The lowest BCUT2D eigenvalue weighted by Gasteiger charge is -2.22. The molecule has 2 bridgehead atoms. The van der Waals surface area contributed by atoms with Crippen molar-refractivity contribution in [1.29, 1.82) is 0 Å². The molecule has 2 atom stereocenters. The lowest BCUT2D eigenvalue weighted by atomic mass is 9.82. The number of aryl methyl sites for hydroxylation is 1. The SMILES string of the molecule is Cc1cc(N)ccc1C1=C(O)C2CCC(C2)C1=O. The molecule has 3 heteroatoms. The number of allylic oxidation sites excluding steroid dienone is 2. The number of hydrogen-bond donors (Lipinski definition) is 2. The maximum absolute atomic E-state index is 12.4. The summed E-state index contributed by atoms with van der Waals surface area (Å²) in [7, 11) is 0. The molecule has 2 aliphatic carbocycles. The molecule has 3 nitrogen and oxygen atoms in total. The second kappa shape index (κ2) is 3.87. The largest absolute Gasteiger partial charge is 0.511 e. The predicted octanol–water partition coefficient (Wildman–Crippen LogP) is 2.85. The van der Waals surface area contributed by atoms with E-state index >= 15 is 0 Å². The molecule has 3 N–H and O–H groups in total. The van der Waals surface area contributed by atoms with Crippen molar-refractivity contribution >= 4 is 17.0 Å². The van der Waals surface area contributed by atoms with Crippen LogP contribution in [-0.2, 0) is 4.79 Å². The second-order valence-corrected chi connectivity index (χ2v) is 5.41. The number of fused-ring (bicyclic) bond motifs is 2. The molecule has 1 aromatic carbocycles. The Morgan fingerprint density at radius 1 is 1.28 bits per heavy atom. The molecule has 0 spiro atoms. The topological polar surface area (TPSA) is 63.3 Å². The first-order valence-corrected chi connectivity index (χ1v) is 6.41. The van der Waals surface area contributed by atoms with Gasteiger partial charge in [0.15, 0.2) is 5.78 Å². The molecule has 1 fully saturated rings. The van der Waals surface area contributed by atoms with Gasteiger partial charge in [-0.15, -0.1) is 0 Å². The van der Waals surface area contributed by atoms with E-state index in [1.165, 1.54) is 0 Å². The molecule has 0 aromatic heterocycles. The number of carbonyl (C=O) groups excluding carboxylic acids is 1. The van der Waals surface area contributed by atoms with Crippen molar-refractivity contribution in [3.63, 3.8) is 0 Å². The average Bonchev–Trinajstić information content (AvgIpc) is 2.76. The van der Waals surface area contributed by atoms with Crippen LogP contribution < -0.4 is 5.73 Å². The van der Waals surface area contributed by atoms with E-state index in [0.717, 1.165) is 30.4 Å². The zero-order valence-corrected chi connectivity index (χ0v) is 10.4. The minimum atomic E-state index is 0.106. The number of aliphatic hydroxyl groups is 1. The molecule has 1 aromatic rings. The number of aliphatic hydroxyl groups excluding tert-OH is 1. The van der Waals surface area contributed by atoms with Gasteiger partial charge >= 0.3 is 0 Å². The summed E-state index contributed by atoms with van der Waals surface area (Å²) >= 11 is 0. The maximum Gasteiger partial charge on any atom is 0.169 e. The van der Waals surface area contributed by atoms with Crippen LogP contribution in [0.3, 0.4) is 0 Å². The minimum absolute atomic E-state index is 0.106.